The molecule has 0 heterocycles. The quantitative estimate of drug-likeness (QED) is 0.509. The molecule has 0 unspecified atom stereocenters. The van der Waals surface area contributed by atoms with E-state index in [-0.39, 0.29) is 12.5 Å². The summed E-state index contributed by atoms with van der Waals surface area (Å²) in [5.41, 5.74) is 1.16. The number of amides is 1. The fourth-order valence-electron chi connectivity index (χ4n) is 2.02. The molecule has 0 saturated heterocycles. The lowest BCUT2D eigenvalue weighted by atomic mass is 10.0. The Labute approximate surface area is 116 Å². The van der Waals surface area contributed by atoms with Crippen molar-refractivity contribution in [3.8, 4) is 5.75 Å². The van der Waals surface area contributed by atoms with Crippen LogP contribution >= 0.6 is 0 Å². The first kappa shape index (κ1) is 13.9. The number of hydrogen-bond donors (Lipinski definition) is 2. The number of carbonyl (C=O) groups excluding carboxylic acids is 1. The lowest BCUT2D eigenvalue weighted by molar-refractivity contribution is -0.118. The zero-order valence-electron chi connectivity index (χ0n) is 11.4. The van der Waals surface area contributed by atoms with E-state index in [9.17, 15) is 10.0 Å². The second kappa shape index (κ2) is 6.06. The number of oxime groups is 1. The van der Waals surface area contributed by atoms with Crippen LogP contribution in [-0.4, -0.2) is 30.5 Å². The van der Waals surface area contributed by atoms with Crippen LogP contribution < -0.4 is 10.1 Å². The Morgan fingerprint density at radius 1 is 1.35 bits per heavy atom. The van der Waals surface area contributed by atoms with Crippen molar-refractivity contribution in [1.82, 2.24) is 5.32 Å². The van der Waals surface area contributed by atoms with Gasteiger partial charge in [-0.2, -0.15) is 0 Å². The van der Waals surface area contributed by atoms with E-state index in [2.05, 4.69) is 10.5 Å². The second-order valence-electron chi connectivity index (χ2n) is 4.35. The van der Waals surface area contributed by atoms with Gasteiger partial charge >= 0.3 is 0 Å². The monoisotopic (exact) mass is 272 g/mol. The fraction of sp³-hybridized carbons (Fsp3) is 0.200. The summed E-state index contributed by atoms with van der Waals surface area (Å²) < 4.78 is 5.22. The minimum absolute atomic E-state index is 0.169. The van der Waals surface area contributed by atoms with Gasteiger partial charge in [0.05, 0.1) is 13.7 Å². The van der Waals surface area contributed by atoms with Crippen LogP contribution in [0.2, 0.25) is 0 Å². The zero-order valence-corrected chi connectivity index (χ0v) is 11.4. The first-order valence-electron chi connectivity index (χ1n) is 6.18. The molecule has 0 aliphatic rings. The van der Waals surface area contributed by atoms with Crippen molar-refractivity contribution in [3.63, 3.8) is 0 Å². The van der Waals surface area contributed by atoms with Crippen molar-refractivity contribution in [3.05, 3.63) is 42.0 Å². The first-order valence-corrected chi connectivity index (χ1v) is 6.18. The highest BCUT2D eigenvalue weighted by atomic mass is 16.5. The standard InChI is InChI=1S/C15H16N2O3/c1-10(18)16-9-15(17-19)13-5-3-4-11-6-7-12(20-2)8-14(11)13/h3-8,19H,9H2,1-2H3,(H,16,18). The SMILES string of the molecule is COc1ccc2cccc(C(CNC(C)=O)=NO)c2c1. The number of nitrogens with zero attached hydrogens (tertiary/aromatic N) is 1. The molecular formula is C15H16N2O3. The van der Waals surface area contributed by atoms with E-state index in [4.69, 9.17) is 4.74 Å². The van der Waals surface area contributed by atoms with E-state index in [0.29, 0.717) is 5.71 Å². The molecule has 5 nitrogen and oxygen atoms in total. The van der Waals surface area contributed by atoms with Crippen molar-refractivity contribution in [2.24, 2.45) is 5.16 Å². The van der Waals surface area contributed by atoms with E-state index < -0.39 is 0 Å². The summed E-state index contributed by atoms with van der Waals surface area (Å²) in [4.78, 5) is 11.0. The van der Waals surface area contributed by atoms with E-state index in [0.717, 1.165) is 22.1 Å². The van der Waals surface area contributed by atoms with E-state index in [1.165, 1.54) is 6.92 Å². The average Bonchev–Trinajstić information content (AvgIpc) is 2.47. The Balaban J connectivity index is 2.48. The van der Waals surface area contributed by atoms with Gasteiger partial charge in [0.1, 0.15) is 11.5 Å². The number of fused-ring (bicyclic) bond motifs is 1. The summed E-state index contributed by atoms with van der Waals surface area (Å²) >= 11 is 0. The van der Waals surface area contributed by atoms with Gasteiger partial charge in [0.25, 0.3) is 0 Å². The Morgan fingerprint density at radius 3 is 2.80 bits per heavy atom. The smallest absolute Gasteiger partial charge is 0.217 e. The molecular weight excluding hydrogens is 256 g/mol. The highest BCUT2D eigenvalue weighted by Crippen LogP contribution is 2.24. The topological polar surface area (TPSA) is 70.9 Å². The van der Waals surface area contributed by atoms with Crippen molar-refractivity contribution in [2.75, 3.05) is 13.7 Å². The molecule has 2 rings (SSSR count). The summed E-state index contributed by atoms with van der Waals surface area (Å²) in [6.07, 6.45) is 0. The third-order valence-electron chi connectivity index (χ3n) is 3.03. The predicted molar refractivity (Wildman–Crippen MR) is 77.5 cm³/mol. The maximum absolute atomic E-state index is 11.0. The number of hydrogen-bond acceptors (Lipinski definition) is 4. The van der Waals surface area contributed by atoms with Crippen LogP contribution in [0, 0.1) is 0 Å². The van der Waals surface area contributed by atoms with Crippen LogP contribution in [0.25, 0.3) is 10.8 Å². The Hall–Kier alpha value is -2.56. The number of carbonyl (C=O) groups is 1. The highest BCUT2D eigenvalue weighted by Gasteiger charge is 2.10. The molecule has 0 aliphatic heterocycles. The molecule has 0 radical (unpaired) electrons. The fourth-order valence-corrected chi connectivity index (χ4v) is 2.02. The molecule has 2 aromatic carbocycles. The van der Waals surface area contributed by atoms with Gasteiger partial charge in [-0.3, -0.25) is 4.79 Å². The van der Waals surface area contributed by atoms with Crippen molar-refractivity contribution in [1.29, 1.82) is 0 Å². The molecule has 0 aromatic heterocycles. The van der Waals surface area contributed by atoms with Crippen LogP contribution in [0.5, 0.6) is 5.75 Å². The lowest BCUT2D eigenvalue weighted by Crippen LogP contribution is -2.27. The molecule has 5 heteroatoms. The Kier molecular flexibility index (Phi) is 4.20. The highest BCUT2D eigenvalue weighted by molar-refractivity contribution is 6.12. The molecule has 0 aliphatic carbocycles. The maximum atomic E-state index is 11.0. The molecule has 20 heavy (non-hydrogen) atoms. The van der Waals surface area contributed by atoms with Gasteiger partial charge in [-0.1, -0.05) is 29.4 Å². The van der Waals surface area contributed by atoms with Crippen molar-refractivity contribution < 1.29 is 14.7 Å². The summed E-state index contributed by atoms with van der Waals surface area (Å²) in [5.74, 6) is 0.547. The maximum Gasteiger partial charge on any atom is 0.217 e. The number of rotatable bonds is 4. The van der Waals surface area contributed by atoms with Gasteiger partial charge in [0.15, 0.2) is 0 Å². The Morgan fingerprint density at radius 2 is 2.15 bits per heavy atom. The number of nitrogens with one attached hydrogen (secondary N) is 1. The largest absolute Gasteiger partial charge is 0.497 e. The summed E-state index contributed by atoms with van der Waals surface area (Å²) in [7, 11) is 1.60. The molecule has 2 N–H and O–H groups in total. The van der Waals surface area contributed by atoms with Crippen LogP contribution in [0.1, 0.15) is 12.5 Å². The Bertz CT molecular complexity index is 665. The van der Waals surface area contributed by atoms with E-state index >= 15 is 0 Å². The molecule has 0 spiro atoms. The van der Waals surface area contributed by atoms with Gasteiger partial charge in [0.2, 0.25) is 5.91 Å². The van der Waals surface area contributed by atoms with E-state index in [1.807, 2.05) is 36.4 Å². The van der Waals surface area contributed by atoms with Crippen LogP contribution in [0.4, 0.5) is 0 Å². The van der Waals surface area contributed by atoms with Gasteiger partial charge in [-0.15, -0.1) is 0 Å². The average molecular weight is 272 g/mol. The van der Waals surface area contributed by atoms with Gasteiger partial charge in [0, 0.05) is 12.5 Å². The third kappa shape index (κ3) is 2.88. The van der Waals surface area contributed by atoms with E-state index in [1.54, 1.807) is 7.11 Å². The van der Waals surface area contributed by atoms with Crippen LogP contribution in [0.15, 0.2) is 41.6 Å². The second-order valence-corrected chi connectivity index (χ2v) is 4.35. The summed E-state index contributed by atoms with van der Waals surface area (Å²) in [5, 5.41) is 17.0. The summed E-state index contributed by atoms with van der Waals surface area (Å²) in [6, 6.07) is 11.4. The van der Waals surface area contributed by atoms with Crippen molar-refractivity contribution in [2.45, 2.75) is 6.92 Å². The van der Waals surface area contributed by atoms with Crippen LogP contribution in [0.3, 0.4) is 0 Å². The molecule has 1 amide bonds. The molecule has 2 aromatic rings. The minimum Gasteiger partial charge on any atom is -0.497 e. The molecule has 0 atom stereocenters. The predicted octanol–water partition coefficient (Wildman–Crippen LogP) is 2.16. The zero-order chi connectivity index (χ0) is 14.5. The molecule has 0 bridgehead atoms. The lowest BCUT2D eigenvalue weighted by Gasteiger charge is -2.10. The number of ether oxygens (including phenoxy) is 1. The van der Waals surface area contributed by atoms with Crippen LogP contribution in [-0.2, 0) is 4.79 Å². The molecule has 104 valence electrons. The molecule has 0 fully saturated rings. The minimum atomic E-state index is -0.177. The van der Waals surface area contributed by atoms with Gasteiger partial charge < -0.3 is 15.3 Å². The number of benzene rings is 2. The number of methoxy groups -OCH3 is 1. The molecule has 0 saturated carbocycles. The first-order chi connectivity index (χ1) is 9.65. The summed E-state index contributed by atoms with van der Waals surface area (Å²) in [6.45, 7) is 1.59. The van der Waals surface area contributed by atoms with Crippen molar-refractivity contribution >= 4 is 22.4 Å². The van der Waals surface area contributed by atoms with Gasteiger partial charge in [-0.25, -0.2) is 0 Å². The normalized spacial score (nSPS) is 11.4. The van der Waals surface area contributed by atoms with Gasteiger partial charge in [-0.05, 0) is 22.9 Å². The third-order valence-corrected chi connectivity index (χ3v) is 3.03.